The van der Waals surface area contributed by atoms with E-state index < -0.39 is 0 Å². The van der Waals surface area contributed by atoms with Crippen molar-refractivity contribution in [2.45, 2.75) is 19.3 Å². The molecule has 86 valence electrons. The summed E-state index contributed by atoms with van der Waals surface area (Å²) in [6.07, 6.45) is 5.50. The standard InChI is InChI=1S/C14H13BrN2/c15-13-5-2-8-16-14(13)17-12-7-6-10-3-1-4-11(10)9-12/h2,5-9H,1,3-4H2,(H,16,17). The van der Waals surface area contributed by atoms with Crippen LogP contribution in [0.25, 0.3) is 0 Å². The Labute approximate surface area is 109 Å². The monoisotopic (exact) mass is 288 g/mol. The Morgan fingerprint density at radius 2 is 2.00 bits per heavy atom. The zero-order valence-corrected chi connectivity index (χ0v) is 11.0. The summed E-state index contributed by atoms with van der Waals surface area (Å²) in [5.74, 6) is 0.866. The van der Waals surface area contributed by atoms with Gasteiger partial charge in [-0.15, -0.1) is 0 Å². The van der Waals surface area contributed by atoms with Gasteiger partial charge in [0.2, 0.25) is 0 Å². The molecule has 0 fully saturated rings. The fourth-order valence-electron chi connectivity index (χ4n) is 2.26. The highest BCUT2D eigenvalue weighted by atomic mass is 79.9. The summed E-state index contributed by atoms with van der Waals surface area (Å²) in [4.78, 5) is 4.31. The van der Waals surface area contributed by atoms with E-state index in [2.05, 4.69) is 44.4 Å². The number of rotatable bonds is 2. The van der Waals surface area contributed by atoms with E-state index in [1.54, 1.807) is 6.20 Å². The van der Waals surface area contributed by atoms with Crippen molar-refractivity contribution >= 4 is 27.4 Å². The minimum Gasteiger partial charge on any atom is -0.339 e. The molecule has 1 aliphatic carbocycles. The van der Waals surface area contributed by atoms with Crippen molar-refractivity contribution in [1.29, 1.82) is 0 Å². The van der Waals surface area contributed by atoms with Gasteiger partial charge in [0.05, 0.1) is 4.47 Å². The lowest BCUT2D eigenvalue weighted by Crippen LogP contribution is -1.95. The number of pyridine rings is 1. The second-order valence-corrected chi connectivity index (χ2v) is 5.15. The molecule has 1 aromatic carbocycles. The van der Waals surface area contributed by atoms with E-state index >= 15 is 0 Å². The fraction of sp³-hybridized carbons (Fsp3) is 0.214. The largest absolute Gasteiger partial charge is 0.339 e. The third kappa shape index (κ3) is 2.20. The first-order valence-electron chi connectivity index (χ1n) is 5.82. The van der Waals surface area contributed by atoms with Crippen LogP contribution in [0.15, 0.2) is 41.0 Å². The van der Waals surface area contributed by atoms with E-state index in [9.17, 15) is 0 Å². The molecule has 0 atom stereocenters. The van der Waals surface area contributed by atoms with Crippen LogP contribution in [0.2, 0.25) is 0 Å². The number of fused-ring (bicyclic) bond motifs is 1. The number of hydrogen-bond donors (Lipinski definition) is 1. The predicted octanol–water partition coefficient (Wildman–Crippen LogP) is 4.08. The maximum atomic E-state index is 4.31. The Morgan fingerprint density at radius 1 is 1.12 bits per heavy atom. The Bertz CT molecular complexity index is 552. The number of aromatic nitrogens is 1. The maximum Gasteiger partial charge on any atom is 0.144 e. The van der Waals surface area contributed by atoms with Gasteiger partial charge >= 0.3 is 0 Å². The number of hydrogen-bond acceptors (Lipinski definition) is 2. The summed E-state index contributed by atoms with van der Waals surface area (Å²) in [6, 6.07) is 10.5. The topological polar surface area (TPSA) is 24.9 Å². The normalized spacial score (nSPS) is 13.5. The first kappa shape index (κ1) is 10.8. The summed E-state index contributed by atoms with van der Waals surface area (Å²) in [6.45, 7) is 0. The summed E-state index contributed by atoms with van der Waals surface area (Å²) >= 11 is 3.49. The molecular formula is C14H13BrN2. The van der Waals surface area contributed by atoms with Crippen molar-refractivity contribution in [2.24, 2.45) is 0 Å². The van der Waals surface area contributed by atoms with E-state index in [-0.39, 0.29) is 0 Å². The first-order chi connectivity index (χ1) is 8.33. The molecule has 0 radical (unpaired) electrons. The molecule has 1 heterocycles. The van der Waals surface area contributed by atoms with E-state index in [0.29, 0.717) is 0 Å². The van der Waals surface area contributed by atoms with Crippen molar-refractivity contribution in [1.82, 2.24) is 4.98 Å². The lowest BCUT2D eigenvalue weighted by molar-refractivity contribution is 0.912. The second kappa shape index (κ2) is 4.49. The van der Waals surface area contributed by atoms with Crippen LogP contribution in [-0.2, 0) is 12.8 Å². The third-order valence-electron chi connectivity index (χ3n) is 3.12. The van der Waals surface area contributed by atoms with Crippen LogP contribution >= 0.6 is 15.9 Å². The van der Waals surface area contributed by atoms with E-state index in [4.69, 9.17) is 0 Å². The average molecular weight is 289 g/mol. The zero-order chi connectivity index (χ0) is 11.7. The average Bonchev–Trinajstić information content (AvgIpc) is 2.79. The molecule has 0 amide bonds. The van der Waals surface area contributed by atoms with Crippen LogP contribution in [0.1, 0.15) is 17.5 Å². The van der Waals surface area contributed by atoms with Crippen LogP contribution in [0.5, 0.6) is 0 Å². The summed E-state index contributed by atoms with van der Waals surface area (Å²) in [7, 11) is 0. The van der Waals surface area contributed by atoms with Gasteiger partial charge in [-0.1, -0.05) is 6.07 Å². The zero-order valence-electron chi connectivity index (χ0n) is 9.41. The lowest BCUT2D eigenvalue weighted by Gasteiger charge is -2.08. The van der Waals surface area contributed by atoms with E-state index in [1.165, 1.54) is 30.4 Å². The van der Waals surface area contributed by atoms with Gasteiger partial charge in [-0.05, 0) is 70.6 Å². The summed E-state index contributed by atoms with van der Waals surface area (Å²) < 4.78 is 0.987. The highest BCUT2D eigenvalue weighted by Gasteiger charge is 2.11. The van der Waals surface area contributed by atoms with Crippen LogP contribution in [-0.4, -0.2) is 4.98 Å². The van der Waals surface area contributed by atoms with Crippen LogP contribution < -0.4 is 5.32 Å². The molecule has 0 saturated carbocycles. The maximum absolute atomic E-state index is 4.31. The molecule has 0 unspecified atom stereocenters. The number of halogens is 1. The number of benzene rings is 1. The molecule has 1 N–H and O–H groups in total. The van der Waals surface area contributed by atoms with Crippen LogP contribution in [0, 0.1) is 0 Å². The molecule has 2 aromatic rings. The molecule has 2 nitrogen and oxygen atoms in total. The van der Waals surface area contributed by atoms with Gasteiger partial charge in [0, 0.05) is 11.9 Å². The molecule has 17 heavy (non-hydrogen) atoms. The number of aryl methyl sites for hydroxylation is 2. The molecule has 0 bridgehead atoms. The number of nitrogens with one attached hydrogen (secondary N) is 1. The summed E-state index contributed by atoms with van der Waals surface area (Å²) in [5, 5.41) is 3.34. The van der Waals surface area contributed by atoms with Gasteiger partial charge in [0.15, 0.2) is 0 Å². The molecule has 3 heteroatoms. The molecule has 0 aliphatic heterocycles. The Hall–Kier alpha value is -1.35. The number of nitrogens with zero attached hydrogens (tertiary/aromatic N) is 1. The Balaban J connectivity index is 1.89. The predicted molar refractivity (Wildman–Crippen MR) is 73.7 cm³/mol. The van der Waals surface area contributed by atoms with Gasteiger partial charge in [0.25, 0.3) is 0 Å². The smallest absolute Gasteiger partial charge is 0.144 e. The highest BCUT2D eigenvalue weighted by Crippen LogP contribution is 2.28. The first-order valence-corrected chi connectivity index (χ1v) is 6.61. The fourth-order valence-corrected chi connectivity index (χ4v) is 2.62. The summed E-state index contributed by atoms with van der Waals surface area (Å²) in [5.41, 5.74) is 4.09. The van der Waals surface area contributed by atoms with Crippen molar-refractivity contribution in [2.75, 3.05) is 5.32 Å². The second-order valence-electron chi connectivity index (χ2n) is 4.30. The van der Waals surface area contributed by atoms with E-state index in [0.717, 1.165) is 16.0 Å². The van der Waals surface area contributed by atoms with Gasteiger partial charge < -0.3 is 5.32 Å². The Kier molecular flexibility index (Phi) is 2.85. The Morgan fingerprint density at radius 3 is 2.88 bits per heavy atom. The van der Waals surface area contributed by atoms with Crippen molar-refractivity contribution < 1.29 is 0 Å². The molecule has 1 aromatic heterocycles. The van der Waals surface area contributed by atoms with Gasteiger partial charge in [-0.3, -0.25) is 0 Å². The van der Waals surface area contributed by atoms with E-state index in [1.807, 2.05) is 12.1 Å². The van der Waals surface area contributed by atoms with Crippen LogP contribution in [0.3, 0.4) is 0 Å². The molecule has 3 rings (SSSR count). The quantitative estimate of drug-likeness (QED) is 0.901. The lowest BCUT2D eigenvalue weighted by atomic mass is 10.1. The van der Waals surface area contributed by atoms with Crippen molar-refractivity contribution in [3.8, 4) is 0 Å². The molecule has 0 spiro atoms. The van der Waals surface area contributed by atoms with Crippen molar-refractivity contribution in [3.63, 3.8) is 0 Å². The SMILES string of the molecule is Brc1cccnc1Nc1ccc2c(c1)CCC2. The van der Waals surface area contributed by atoms with Crippen molar-refractivity contribution in [3.05, 3.63) is 52.1 Å². The highest BCUT2D eigenvalue weighted by molar-refractivity contribution is 9.10. The molecule has 0 saturated heterocycles. The third-order valence-corrected chi connectivity index (χ3v) is 3.76. The van der Waals surface area contributed by atoms with Gasteiger partial charge in [0.1, 0.15) is 5.82 Å². The minimum atomic E-state index is 0.866. The number of anilines is 2. The minimum absolute atomic E-state index is 0.866. The van der Waals surface area contributed by atoms with Gasteiger partial charge in [-0.2, -0.15) is 0 Å². The molecule has 1 aliphatic rings. The van der Waals surface area contributed by atoms with Crippen LogP contribution in [0.4, 0.5) is 11.5 Å². The van der Waals surface area contributed by atoms with Gasteiger partial charge in [-0.25, -0.2) is 4.98 Å². The molecular weight excluding hydrogens is 276 g/mol.